The van der Waals surface area contributed by atoms with Crippen LogP contribution in [-0.2, 0) is 0 Å². The molecule has 0 fully saturated rings. The smallest absolute Gasteiger partial charge is 0.269 e. The Kier molecular flexibility index (Phi) is 8.03. The van der Waals surface area contributed by atoms with E-state index in [0.717, 1.165) is 19.3 Å². The van der Waals surface area contributed by atoms with Crippen LogP contribution in [0.4, 0.5) is 5.69 Å². The van der Waals surface area contributed by atoms with E-state index in [9.17, 15) is 14.9 Å². The lowest BCUT2D eigenvalue weighted by molar-refractivity contribution is -0.384. The monoisotopic (exact) mass is 367 g/mol. The topological polar surface area (TPSA) is 116 Å². The van der Waals surface area contributed by atoms with Crippen LogP contribution >= 0.6 is 12.4 Å². The molecule has 1 aromatic carbocycles. The number of nitro groups is 1. The van der Waals surface area contributed by atoms with Crippen molar-refractivity contribution in [3.8, 4) is 5.69 Å². The predicted octanol–water partition coefficient (Wildman–Crippen LogP) is 2.45. The molecule has 0 aliphatic heterocycles. The molecule has 1 amide bonds. The fourth-order valence-electron chi connectivity index (χ4n) is 2.28. The number of amides is 1. The van der Waals surface area contributed by atoms with Crippen molar-refractivity contribution >= 4 is 24.0 Å². The molecule has 2 rings (SSSR count). The number of benzene rings is 1. The number of rotatable bonds is 8. The molecule has 0 bridgehead atoms. The summed E-state index contributed by atoms with van der Waals surface area (Å²) in [6, 6.07) is 5.89. The molecule has 0 spiro atoms. The van der Waals surface area contributed by atoms with E-state index >= 15 is 0 Å². The summed E-state index contributed by atoms with van der Waals surface area (Å²) in [4.78, 5) is 22.5. The van der Waals surface area contributed by atoms with Crippen LogP contribution in [0.25, 0.3) is 5.69 Å². The third kappa shape index (κ3) is 5.54. The highest BCUT2D eigenvalue weighted by Crippen LogP contribution is 2.15. The molecule has 1 heterocycles. The van der Waals surface area contributed by atoms with Crippen LogP contribution in [-0.4, -0.2) is 33.2 Å². The minimum Gasteiger partial charge on any atom is -0.348 e. The van der Waals surface area contributed by atoms with Crippen molar-refractivity contribution in [3.05, 3.63) is 52.3 Å². The highest BCUT2D eigenvalue weighted by Gasteiger charge is 2.14. The molecule has 1 unspecified atom stereocenters. The third-order valence-corrected chi connectivity index (χ3v) is 3.70. The lowest BCUT2D eigenvalue weighted by Gasteiger charge is -2.15. The van der Waals surface area contributed by atoms with Crippen molar-refractivity contribution < 1.29 is 9.72 Å². The first kappa shape index (κ1) is 20.6. The van der Waals surface area contributed by atoms with Gasteiger partial charge in [-0.05, 0) is 18.6 Å². The van der Waals surface area contributed by atoms with Gasteiger partial charge in [-0.3, -0.25) is 14.9 Å². The summed E-state index contributed by atoms with van der Waals surface area (Å²) in [5.41, 5.74) is 6.75. The van der Waals surface area contributed by atoms with Gasteiger partial charge in [-0.15, -0.1) is 12.4 Å². The first-order valence-corrected chi connectivity index (χ1v) is 7.85. The quantitative estimate of drug-likeness (QED) is 0.549. The fourth-order valence-corrected chi connectivity index (χ4v) is 2.28. The zero-order chi connectivity index (χ0) is 17.5. The molecule has 0 aliphatic rings. The molecule has 8 nitrogen and oxygen atoms in total. The Labute approximate surface area is 152 Å². The molecule has 0 saturated heterocycles. The van der Waals surface area contributed by atoms with Gasteiger partial charge in [0.05, 0.1) is 22.4 Å². The van der Waals surface area contributed by atoms with Crippen LogP contribution in [0, 0.1) is 10.1 Å². The van der Waals surface area contributed by atoms with Crippen molar-refractivity contribution in [1.29, 1.82) is 0 Å². The molecular weight excluding hydrogens is 346 g/mol. The number of carbonyl (C=O) groups is 1. The Balaban J connectivity index is 0.00000312. The first-order chi connectivity index (χ1) is 11.5. The Hall–Kier alpha value is -2.45. The lowest BCUT2D eigenvalue weighted by atomic mass is 10.1. The van der Waals surface area contributed by atoms with Gasteiger partial charge in [0.1, 0.15) is 0 Å². The molecule has 2 aromatic rings. The summed E-state index contributed by atoms with van der Waals surface area (Å²) in [5.74, 6) is -0.227. The highest BCUT2D eigenvalue weighted by atomic mass is 35.5. The summed E-state index contributed by atoms with van der Waals surface area (Å²) < 4.78 is 1.50. The lowest BCUT2D eigenvalue weighted by Crippen LogP contribution is -2.40. The number of non-ortho nitro benzene ring substituents is 1. The number of nitrogens with two attached hydrogens (primary N) is 1. The number of nitrogens with one attached hydrogen (secondary N) is 1. The van der Waals surface area contributed by atoms with Gasteiger partial charge < -0.3 is 11.1 Å². The van der Waals surface area contributed by atoms with Crippen molar-refractivity contribution in [1.82, 2.24) is 15.1 Å². The van der Waals surface area contributed by atoms with Crippen molar-refractivity contribution in [3.63, 3.8) is 0 Å². The Bertz CT molecular complexity index is 702. The highest BCUT2D eigenvalue weighted by molar-refractivity contribution is 5.94. The van der Waals surface area contributed by atoms with Gasteiger partial charge in [-0.1, -0.05) is 19.8 Å². The SMILES string of the molecule is CCCCC(CN)NC(=O)c1cnn(-c2ccc([N+](=O)[O-])cc2)c1.Cl. The largest absolute Gasteiger partial charge is 0.348 e. The van der Waals surface area contributed by atoms with Gasteiger partial charge in [0.25, 0.3) is 11.6 Å². The predicted molar refractivity (Wildman–Crippen MR) is 97.3 cm³/mol. The van der Waals surface area contributed by atoms with Gasteiger partial charge in [-0.2, -0.15) is 5.10 Å². The summed E-state index contributed by atoms with van der Waals surface area (Å²) in [6.07, 6.45) is 5.94. The van der Waals surface area contributed by atoms with Crippen LogP contribution < -0.4 is 11.1 Å². The van der Waals surface area contributed by atoms with E-state index in [1.54, 1.807) is 18.3 Å². The number of unbranched alkanes of at least 4 members (excludes halogenated alkanes) is 1. The van der Waals surface area contributed by atoms with Crippen LogP contribution in [0.15, 0.2) is 36.7 Å². The minimum atomic E-state index is -0.463. The molecule has 136 valence electrons. The molecule has 9 heteroatoms. The molecule has 25 heavy (non-hydrogen) atoms. The van der Waals surface area contributed by atoms with E-state index in [1.807, 2.05) is 0 Å². The number of nitro benzene ring substituents is 1. The first-order valence-electron chi connectivity index (χ1n) is 7.85. The van der Waals surface area contributed by atoms with Gasteiger partial charge in [0.2, 0.25) is 0 Å². The molecule has 1 aromatic heterocycles. The second kappa shape index (κ2) is 9.75. The molecule has 0 saturated carbocycles. The maximum atomic E-state index is 12.3. The third-order valence-electron chi connectivity index (χ3n) is 3.70. The molecule has 0 radical (unpaired) electrons. The van der Waals surface area contributed by atoms with Crippen LogP contribution in [0.2, 0.25) is 0 Å². The van der Waals surface area contributed by atoms with E-state index in [1.165, 1.54) is 23.0 Å². The van der Waals surface area contributed by atoms with Crippen LogP contribution in [0.5, 0.6) is 0 Å². The number of hydrogen-bond donors (Lipinski definition) is 2. The number of hydrogen-bond acceptors (Lipinski definition) is 5. The molecule has 1 atom stereocenters. The van der Waals surface area contributed by atoms with E-state index in [-0.39, 0.29) is 30.0 Å². The van der Waals surface area contributed by atoms with E-state index < -0.39 is 4.92 Å². The number of aromatic nitrogens is 2. The Morgan fingerprint density at radius 2 is 2.08 bits per heavy atom. The van der Waals surface area contributed by atoms with Crippen LogP contribution in [0.1, 0.15) is 36.5 Å². The fraction of sp³-hybridized carbons (Fsp3) is 0.375. The second-order valence-corrected chi connectivity index (χ2v) is 5.50. The average Bonchev–Trinajstić information content (AvgIpc) is 3.08. The number of carbonyl (C=O) groups excluding carboxylic acids is 1. The van der Waals surface area contributed by atoms with Crippen molar-refractivity contribution in [2.45, 2.75) is 32.2 Å². The zero-order valence-corrected chi connectivity index (χ0v) is 14.7. The van der Waals surface area contributed by atoms with Gasteiger partial charge >= 0.3 is 0 Å². The van der Waals surface area contributed by atoms with E-state index in [0.29, 0.717) is 17.8 Å². The summed E-state index contributed by atoms with van der Waals surface area (Å²) in [7, 11) is 0. The summed E-state index contributed by atoms with van der Waals surface area (Å²) in [5, 5.41) is 17.7. The van der Waals surface area contributed by atoms with Gasteiger partial charge in [0, 0.05) is 30.9 Å². The summed E-state index contributed by atoms with van der Waals surface area (Å²) >= 11 is 0. The standard InChI is InChI=1S/C16H21N5O3.ClH/c1-2-3-4-13(9-17)19-16(22)12-10-18-20(11-12)14-5-7-15(8-6-14)21(23)24;/h5-8,10-11,13H,2-4,9,17H2,1H3,(H,19,22);1H. The normalized spacial score (nSPS) is 11.4. The average molecular weight is 368 g/mol. The van der Waals surface area contributed by atoms with Gasteiger partial charge in [-0.25, -0.2) is 4.68 Å². The van der Waals surface area contributed by atoms with Crippen LogP contribution in [0.3, 0.4) is 0 Å². The van der Waals surface area contributed by atoms with E-state index in [2.05, 4.69) is 17.3 Å². The maximum Gasteiger partial charge on any atom is 0.269 e. The van der Waals surface area contributed by atoms with E-state index in [4.69, 9.17) is 5.73 Å². The zero-order valence-electron chi connectivity index (χ0n) is 13.9. The number of nitrogens with zero attached hydrogens (tertiary/aromatic N) is 3. The minimum absolute atomic E-state index is 0. The maximum absolute atomic E-state index is 12.3. The molecule has 0 aliphatic carbocycles. The second-order valence-electron chi connectivity index (χ2n) is 5.50. The number of halogens is 1. The molecule has 3 N–H and O–H groups in total. The van der Waals surface area contributed by atoms with Gasteiger partial charge in [0.15, 0.2) is 0 Å². The Morgan fingerprint density at radius 1 is 1.40 bits per heavy atom. The molecular formula is C16H22ClN5O3. The Morgan fingerprint density at radius 3 is 2.64 bits per heavy atom. The van der Waals surface area contributed by atoms with Crippen molar-refractivity contribution in [2.24, 2.45) is 5.73 Å². The van der Waals surface area contributed by atoms with Crippen molar-refractivity contribution in [2.75, 3.05) is 6.54 Å². The summed E-state index contributed by atoms with van der Waals surface area (Å²) in [6.45, 7) is 2.48.